The maximum atomic E-state index is 12.3. The van der Waals surface area contributed by atoms with Gasteiger partial charge in [0.15, 0.2) is 9.84 Å². The predicted octanol–water partition coefficient (Wildman–Crippen LogP) is 1.29. The molecule has 27 heavy (non-hydrogen) atoms. The van der Waals surface area contributed by atoms with E-state index in [-0.39, 0.29) is 29.1 Å². The summed E-state index contributed by atoms with van der Waals surface area (Å²) in [5.74, 6) is -0.00112. The molecule has 1 fully saturated rings. The third kappa shape index (κ3) is 5.23. The van der Waals surface area contributed by atoms with Gasteiger partial charge < -0.3 is 16.0 Å². The molecule has 1 atom stereocenters. The van der Waals surface area contributed by atoms with Gasteiger partial charge in [-0.1, -0.05) is 6.07 Å². The number of hydrogen-bond acceptors (Lipinski definition) is 7. The van der Waals surface area contributed by atoms with Gasteiger partial charge in [-0.25, -0.2) is 18.4 Å². The van der Waals surface area contributed by atoms with Crippen LogP contribution in [0.15, 0.2) is 36.7 Å². The SMILES string of the molecule is CC(=O)Nc1cccc(NC(=O)c2cnc(NC3CCS(=O)(=O)C3)cn2)c1. The molecule has 1 saturated heterocycles. The highest BCUT2D eigenvalue weighted by molar-refractivity contribution is 7.91. The molecule has 2 amide bonds. The predicted molar refractivity (Wildman–Crippen MR) is 101 cm³/mol. The van der Waals surface area contributed by atoms with Crippen molar-refractivity contribution < 1.29 is 18.0 Å². The Bertz CT molecular complexity index is 960. The van der Waals surface area contributed by atoms with Crippen LogP contribution in [0, 0.1) is 0 Å². The fraction of sp³-hybridized carbons (Fsp3) is 0.294. The highest BCUT2D eigenvalue weighted by atomic mass is 32.2. The molecule has 10 heteroatoms. The van der Waals surface area contributed by atoms with Crippen molar-refractivity contribution >= 4 is 38.8 Å². The van der Waals surface area contributed by atoms with Crippen LogP contribution in [0.2, 0.25) is 0 Å². The van der Waals surface area contributed by atoms with Gasteiger partial charge in [-0.3, -0.25) is 9.59 Å². The quantitative estimate of drug-likeness (QED) is 0.702. The first-order valence-electron chi connectivity index (χ1n) is 8.29. The summed E-state index contributed by atoms with van der Waals surface area (Å²) in [5, 5.41) is 8.33. The maximum Gasteiger partial charge on any atom is 0.275 e. The summed E-state index contributed by atoms with van der Waals surface area (Å²) in [7, 11) is -2.98. The Morgan fingerprint density at radius 1 is 1.11 bits per heavy atom. The zero-order valence-corrected chi connectivity index (χ0v) is 15.4. The van der Waals surface area contributed by atoms with E-state index in [9.17, 15) is 18.0 Å². The van der Waals surface area contributed by atoms with Crippen molar-refractivity contribution in [2.24, 2.45) is 0 Å². The second-order valence-corrected chi connectivity index (χ2v) is 8.48. The Kier molecular flexibility index (Phi) is 5.36. The van der Waals surface area contributed by atoms with Gasteiger partial charge in [0.05, 0.1) is 23.9 Å². The lowest BCUT2D eigenvalue weighted by molar-refractivity contribution is -0.114. The first-order chi connectivity index (χ1) is 12.8. The summed E-state index contributed by atoms with van der Waals surface area (Å²) in [4.78, 5) is 31.6. The van der Waals surface area contributed by atoms with Crippen LogP contribution in [0.1, 0.15) is 23.8 Å². The summed E-state index contributed by atoms with van der Waals surface area (Å²) in [6.45, 7) is 1.40. The van der Waals surface area contributed by atoms with Crippen molar-refractivity contribution in [3.63, 3.8) is 0 Å². The van der Waals surface area contributed by atoms with E-state index >= 15 is 0 Å². The molecular formula is C17H19N5O4S. The van der Waals surface area contributed by atoms with E-state index in [4.69, 9.17) is 0 Å². The number of carbonyl (C=O) groups excluding carboxylic acids is 2. The number of anilines is 3. The standard InChI is InChI=1S/C17H19N5O4S/c1-11(23)20-12-3-2-4-13(7-12)22-17(24)15-8-19-16(9-18-15)21-14-5-6-27(25,26)10-14/h2-4,7-9,14H,5-6,10H2,1H3,(H,19,21)(H,20,23)(H,22,24). The minimum absolute atomic E-state index is 0.0710. The van der Waals surface area contributed by atoms with Crippen LogP contribution < -0.4 is 16.0 Å². The minimum atomic E-state index is -2.98. The number of benzene rings is 1. The van der Waals surface area contributed by atoms with Gasteiger partial charge in [0.1, 0.15) is 11.5 Å². The lowest BCUT2D eigenvalue weighted by Gasteiger charge is -2.11. The van der Waals surface area contributed by atoms with Gasteiger partial charge in [-0.15, -0.1) is 0 Å². The van der Waals surface area contributed by atoms with Crippen LogP contribution in [-0.4, -0.2) is 47.7 Å². The van der Waals surface area contributed by atoms with E-state index < -0.39 is 15.7 Å². The highest BCUT2D eigenvalue weighted by Gasteiger charge is 2.28. The van der Waals surface area contributed by atoms with Gasteiger partial charge in [0.25, 0.3) is 5.91 Å². The molecule has 0 saturated carbocycles. The normalized spacial score (nSPS) is 17.9. The average molecular weight is 389 g/mol. The average Bonchev–Trinajstić information content (AvgIpc) is 2.93. The van der Waals surface area contributed by atoms with Gasteiger partial charge in [0.2, 0.25) is 5.91 Å². The topological polar surface area (TPSA) is 130 Å². The second-order valence-electron chi connectivity index (χ2n) is 6.25. The smallest absolute Gasteiger partial charge is 0.275 e. The Morgan fingerprint density at radius 3 is 2.44 bits per heavy atom. The molecule has 1 aromatic heterocycles. The lowest BCUT2D eigenvalue weighted by Crippen LogP contribution is -2.22. The number of hydrogen-bond donors (Lipinski definition) is 3. The first kappa shape index (κ1) is 18.8. The van der Waals surface area contributed by atoms with Gasteiger partial charge in [0, 0.05) is 24.3 Å². The van der Waals surface area contributed by atoms with Crippen molar-refractivity contribution in [3.05, 3.63) is 42.4 Å². The van der Waals surface area contributed by atoms with Crippen molar-refractivity contribution in [2.75, 3.05) is 27.5 Å². The number of carbonyl (C=O) groups is 2. The zero-order chi connectivity index (χ0) is 19.4. The zero-order valence-electron chi connectivity index (χ0n) is 14.6. The molecule has 2 heterocycles. The summed E-state index contributed by atoms with van der Waals surface area (Å²) >= 11 is 0. The molecule has 0 aliphatic carbocycles. The number of nitrogens with zero attached hydrogens (tertiary/aromatic N) is 2. The van der Waals surface area contributed by atoms with Crippen molar-refractivity contribution in [3.8, 4) is 0 Å². The molecule has 0 radical (unpaired) electrons. The summed E-state index contributed by atoms with van der Waals surface area (Å²) in [5.41, 5.74) is 1.19. The van der Waals surface area contributed by atoms with E-state index in [1.54, 1.807) is 24.3 Å². The van der Waals surface area contributed by atoms with Crippen LogP contribution in [0.5, 0.6) is 0 Å². The first-order valence-corrected chi connectivity index (χ1v) is 10.1. The Morgan fingerprint density at radius 2 is 1.85 bits per heavy atom. The van der Waals surface area contributed by atoms with E-state index in [1.807, 2.05) is 0 Å². The third-order valence-corrected chi connectivity index (χ3v) is 5.68. The van der Waals surface area contributed by atoms with Crippen LogP contribution in [-0.2, 0) is 14.6 Å². The molecule has 3 N–H and O–H groups in total. The van der Waals surface area contributed by atoms with Crippen LogP contribution in [0.25, 0.3) is 0 Å². The van der Waals surface area contributed by atoms with Crippen molar-refractivity contribution in [2.45, 2.75) is 19.4 Å². The number of rotatable bonds is 5. The fourth-order valence-corrected chi connectivity index (χ4v) is 4.38. The number of amides is 2. The summed E-state index contributed by atoms with van der Waals surface area (Å²) in [6.07, 6.45) is 3.24. The van der Waals surface area contributed by atoms with Crippen LogP contribution in [0.3, 0.4) is 0 Å². The molecule has 1 unspecified atom stereocenters. The molecule has 1 aliphatic heterocycles. The molecule has 142 valence electrons. The van der Waals surface area contributed by atoms with Crippen molar-refractivity contribution in [1.82, 2.24) is 9.97 Å². The fourth-order valence-electron chi connectivity index (χ4n) is 2.71. The van der Waals surface area contributed by atoms with Gasteiger partial charge in [-0.2, -0.15) is 0 Å². The molecule has 1 aromatic carbocycles. The summed E-state index contributed by atoms with van der Waals surface area (Å²) in [6, 6.07) is 6.53. The van der Waals surface area contributed by atoms with Crippen LogP contribution >= 0.6 is 0 Å². The van der Waals surface area contributed by atoms with E-state index in [2.05, 4.69) is 25.9 Å². The maximum absolute atomic E-state index is 12.3. The molecule has 0 bridgehead atoms. The molecule has 2 aromatic rings. The third-order valence-electron chi connectivity index (χ3n) is 3.91. The van der Waals surface area contributed by atoms with Crippen molar-refractivity contribution in [1.29, 1.82) is 0 Å². The van der Waals surface area contributed by atoms with Gasteiger partial charge >= 0.3 is 0 Å². The molecule has 1 aliphatic rings. The number of sulfone groups is 1. The Hall–Kier alpha value is -3.01. The van der Waals surface area contributed by atoms with E-state index in [0.29, 0.717) is 23.6 Å². The Labute approximate surface area is 156 Å². The Balaban J connectivity index is 1.61. The molecular weight excluding hydrogens is 370 g/mol. The highest BCUT2D eigenvalue weighted by Crippen LogP contribution is 2.17. The largest absolute Gasteiger partial charge is 0.365 e. The summed E-state index contributed by atoms with van der Waals surface area (Å²) < 4.78 is 23.0. The molecule has 0 spiro atoms. The molecule has 3 rings (SSSR count). The van der Waals surface area contributed by atoms with Gasteiger partial charge in [-0.05, 0) is 24.6 Å². The minimum Gasteiger partial charge on any atom is -0.365 e. The molecule has 9 nitrogen and oxygen atoms in total. The van der Waals surface area contributed by atoms with E-state index in [1.165, 1.54) is 19.3 Å². The lowest BCUT2D eigenvalue weighted by atomic mass is 10.2. The monoisotopic (exact) mass is 389 g/mol. The van der Waals surface area contributed by atoms with E-state index in [0.717, 1.165) is 0 Å². The number of nitrogens with one attached hydrogen (secondary N) is 3. The number of aromatic nitrogens is 2. The second kappa shape index (κ2) is 7.70. The van der Waals surface area contributed by atoms with Crippen LogP contribution in [0.4, 0.5) is 17.2 Å².